The molecule has 0 aromatic heterocycles. The van der Waals surface area contributed by atoms with Crippen LogP contribution in [0.15, 0.2) is 24.3 Å². The number of rotatable bonds is 5. The largest absolute Gasteiger partial charge is 0.307 e. The Morgan fingerprint density at radius 3 is 2.19 bits per heavy atom. The van der Waals surface area contributed by atoms with E-state index in [1.54, 1.807) is 0 Å². The SMILES string of the molecule is CCC(C)C(C)N[C@H](C)c1ccc(F)cc1. The van der Waals surface area contributed by atoms with Crippen molar-refractivity contribution in [1.29, 1.82) is 0 Å². The molecule has 0 aliphatic rings. The summed E-state index contributed by atoms with van der Waals surface area (Å²) in [7, 11) is 0. The Morgan fingerprint density at radius 2 is 1.69 bits per heavy atom. The Hall–Kier alpha value is -0.890. The van der Waals surface area contributed by atoms with Crippen molar-refractivity contribution in [2.24, 2.45) is 5.92 Å². The Kier molecular flexibility index (Phi) is 4.94. The van der Waals surface area contributed by atoms with Crippen LogP contribution in [-0.4, -0.2) is 6.04 Å². The highest BCUT2D eigenvalue weighted by molar-refractivity contribution is 5.19. The zero-order valence-corrected chi connectivity index (χ0v) is 10.6. The molecule has 0 fully saturated rings. The van der Waals surface area contributed by atoms with Crippen molar-refractivity contribution in [2.45, 2.75) is 46.2 Å². The lowest BCUT2D eigenvalue weighted by atomic mass is 9.99. The van der Waals surface area contributed by atoms with Crippen molar-refractivity contribution in [3.05, 3.63) is 35.6 Å². The van der Waals surface area contributed by atoms with Gasteiger partial charge in [-0.1, -0.05) is 32.4 Å². The molecule has 0 spiro atoms. The van der Waals surface area contributed by atoms with Crippen LogP contribution < -0.4 is 5.32 Å². The van der Waals surface area contributed by atoms with E-state index < -0.39 is 0 Å². The summed E-state index contributed by atoms with van der Waals surface area (Å²) in [5, 5.41) is 3.54. The minimum atomic E-state index is -0.175. The maximum Gasteiger partial charge on any atom is 0.123 e. The molecule has 0 aliphatic carbocycles. The standard InChI is InChI=1S/C14H22FN/c1-5-10(2)11(3)16-12(4)13-6-8-14(15)9-7-13/h6-12,16H,5H2,1-4H3/t10?,11?,12-/m1/s1. The van der Waals surface area contributed by atoms with Gasteiger partial charge in [0.1, 0.15) is 5.82 Å². The number of halogens is 1. The lowest BCUT2D eigenvalue weighted by Crippen LogP contribution is -2.33. The average Bonchev–Trinajstić information content (AvgIpc) is 2.28. The lowest BCUT2D eigenvalue weighted by Gasteiger charge is -2.24. The zero-order chi connectivity index (χ0) is 12.1. The number of benzene rings is 1. The molecule has 0 radical (unpaired) electrons. The first-order chi connectivity index (χ1) is 7.54. The molecule has 3 atom stereocenters. The molecule has 2 heteroatoms. The van der Waals surface area contributed by atoms with Gasteiger partial charge in [0.2, 0.25) is 0 Å². The maximum atomic E-state index is 12.8. The summed E-state index contributed by atoms with van der Waals surface area (Å²) in [4.78, 5) is 0. The van der Waals surface area contributed by atoms with E-state index in [1.165, 1.54) is 18.6 Å². The molecule has 1 nitrogen and oxygen atoms in total. The van der Waals surface area contributed by atoms with Gasteiger partial charge in [0.25, 0.3) is 0 Å². The summed E-state index contributed by atoms with van der Waals surface area (Å²) in [6.07, 6.45) is 1.17. The summed E-state index contributed by atoms with van der Waals surface area (Å²) in [5.41, 5.74) is 1.14. The van der Waals surface area contributed by atoms with Crippen molar-refractivity contribution in [1.82, 2.24) is 5.32 Å². The molecule has 0 heterocycles. The fourth-order valence-electron chi connectivity index (χ4n) is 1.76. The van der Waals surface area contributed by atoms with Crippen LogP contribution in [0.2, 0.25) is 0 Å². The minimum Gasteiger partial charge on any atom is -0.307 e. The first kappa shape index (κ1) is 13.2. The number of nitrogens with one attached hydrogen (secondary N) is 1. The van der Waals surface area contributed by atoms with Crippen LogP contribution >= 0.6 is 0 Å². The van der Waals surface area contributed by atoms with Gasteiger partial charge >= 0.3 is 0 Å². The van der Waals surface area contributed by atoms with Crippen molar-refractivity contribution in [3.8, 4) is 0 Å². The van der Waals surface area contributed by atoms with Crippen LogP contribution in [0, 0.1) is 11.7 Å². The normalized spacial score (nSPS) is 16.8. The van der Waals surface area contributed by atoms with Gasteiger partial charge < -0.3 is 5.32 Å². The van der Waals surface area contributed by atoms with E-state index in [2.05, 4.69) is 33.0 Å². The Balaban J connectivity index is 2.58. The lowest BCUT2D eigenvalue weighted by molar-refractivity contribution is 0.360. The van der Waals surface area contributed by atoms with Crippen LogP contribution in [0.3, 0.4) is 0 Å². The second-order valence-corrected chi connectivity index (χ2v) is 4.61. The van der Waals surface area contributed by atoms with E-state index in [9.17, 15) is 4.39 Å². The zero-order valence-electron chi connectivity index (χ0n) is 10.6. The molecular weight excluding hydrogens is 201 g/mol. The third kappa shape index (κ3) is 3.60. The fraction of sp³-hybridized carbons (Fsp3) is 0.571. The minimum absolute atomic E-state index is 0.175. The van der Waals surface area contributed by atoms with E-state index in [4.69, 9.17) is 0 Å². The van der Waals surface area contributed by atoms with Crippen LogP contribution in [0.4, 0.5) is 4.39 Å². The van der Waals surface area contributed by atoms with Gasteiger partial charge in [-0.25, -0.2) is 4.39 Å². The maximum absolute atomic E-state index is 12.8. The molecule has 1 rings (SSSR count). The Labute approximate surface area is 98.1 Å². The average molecular weight is 223 g/mol. The second-order valence-electron chi connectivity index (χ2n) is 4.61. The van der Waals surface area contributed by atoms with E-state index in [-0.39, 0.29) is 11.9 Å². The summed E-state index contributed by atoms with van der Waals surface area (Å²) >= 11 is 0. The topological polar surface area (TPSA) is 12.0 Å². The van der Waals surface area contributed by atoms with E-state index in [0.29, 0.717) is 12.0 Å². The summed E-state index contributed by atoms with van der Waals surface area (Å²) in [6, 6.07) is 7.46. The monoisotopic (exact) mass is 223 g/mol. The molecule has 2 unspecified atom stereocenters. The number of hydrogen-bond acceptors (Lipinski definition) is 1. The molecule has 0 saturated heterocycles. The highest BCUT2D eigenvalue weighted by Crippen LogP contribution is 2.16. The van der Waals surface area contributed by atoms with Crippen molar-refractivity contribution < 1.29 is 4.39 Å². The first-order valence-corrected chi connectivity index (χ1v) is 6.06. The fourth-order valence-corrected chi connectivity index (χ4v) is 1.76. The van der Waals surface area contributed by atoms with Gasteiger partial charge in [0.05, 0.1) is 0 Å². The molecule has 1 aromatic carbocycles. The van der Waals surface area contributed by atoms with Gasteiger partial charge in [0, 0.05) is 12.1 Å². The van der Waals surface area contributed by atoms with Gasteiger partial charge in [-0.2, -0.15) is 0 Å². The molecule has 0 amide bonds. The summed E-state index contributed by atoms with van der Waals surface area (Å²) in [5.74, 6) is 0.480. The van der Waals surface area contributed by atoms with Gasteiger partial charge in [-0.3, -0.25) is 0 Å². The van der Waals surface area contributed by atoms with Crippen LogP contribution in [0.1, 0.15) is 45.7 Å². The van der Waals surface area contributed by atoms with Gasteiger partial charge in [-0.15, -0.1) is 0 Å². The van der Waals surface area contributed by atoms with Crippen LogP contribution in [0.25, 0.3) is 0 Å². The highest BCUT2D eigenvalue weighted by atomic mass is 19.1. The quantitative estimate of drug-likeness (QED) is 0.798. The molecule has 0 aliphatic heterocycles. The van der Waals surface area contributed by atoms with E-state index in [1.807, 2.05) is 12.1 Å². The first-order valence-electron chi connectivity index (χ1n) is 6.06. The second kappa shape index (κ2) is 6.00. The third-order valence-electron chi connectivity index (χ3n) is 3.38. The molecule has 1 aromatic rings. The highest BCUT2D eigenvalue weighted by Gasteiger charge is 2.13. The van der Waals surface area contributed by atoms with E-state index >= 15 is 0 Å². The predicted octanol–water partition coefficient (Wildman–Crippen LogP) is 3.91. The van der Waals surface area contributed by atoms with Crippen molar-refractivity contribution in [3.63, 3.8) is 0 Å². The van der Waals surface area contributed by atoms with Crippen LogP contribution in [-0.2, 0) is 0 Å². The molecule has 90 valence electrons. The number of hydrogen-bond donors (Lipinski definition) is 1. The Bertz CT molecular complexity index is 307. The van der Waals surface area contributed by atoms with Gasteiger partial charge in [0.15, 0.2) is 0 Å². The van der Waals surface area contributed by atoms with E-state index in [0.717, 1.165) is 5.56 Å². The molecule has 0 saturated carbocycles. The van der Waals surface area contributed by atoms with Crippen molar-refractivity contribution >= 4 is 0 Å². The smallest absolute Gasteiger partial charge is 0.123 e. The summed E-state index contributed by atoms with van der Waals surface area (Å²) in [6.45, 7) is 8.76. The predicted molar refractivity (Wildman–Crippen MR) is 66.9 cm³/mol. The van der Waals surface area contributed by atoms with Crippen LogP contribution in [0.5, 0.6) is 0 Å². The summed E-state index contributed by atoms with van der Waals surface area (Å²) < 4.78 is 12.8. The molecular formula is C14H22FN. The van der Waals surface area contributed by atoms with Crippen molar-refractivity contribution in [2.75, 3.05) is 0 Å². The molecule has 0 bridgehead atoms. The Morgan fingerprint density at radius 1 is 1.12 bits per heavy atom. The molecule has 16 heavy (non-hydrogen) atoms. The van der Waals surface area contributed by atoms with Gasteiger partial charge in [-0.05, 0) is 37.5 Å². The molecule has 1 N–H and O–H groups in total. The third-order valence-corrected chi connectivity index (χ3v) is 3.38.